The summed E-state index contributed by atoms with van der Waals surface area (Å²) >= 11 is 1.22. The molecule has 19 heavy (non-hydrogen) atoms. The van der Waals surface area contributed by atoms with Crippen LogP contribution in [-0.4, -0.2) is 32.0 Å². The molecule has 7 heteroatoms. The third-order valence-corrected chi connectivity index (χ3v) is 3.43. The molecular weight excluding hydrogens is 262 g/mol. The molecule has 0 aromatic carbocycles. The summed E-state index contributed by atoms with van der Waals surface area (Å²) in [4.78, 5) is 11.8. The number of rotatable bonds is 7. The van der Waals surface area contributed by atoms with Crippen LogP contribution in [0.5, 0.6) is 0 Å². The lowest BCUT2D eigenvalue weighted by atomic mass is 10.0. The van der Waals surface area contributed by atoms with Crippen molar-refractivity contribution in [3.8, 4) is 6.07 Å². The lowest BCUT2D eigenvalue weighted by molar-refractivity contribution is -0.117. The van der Waals surface area contributed by atoms with Crippen LogP contribution < -0.4 is 0 Å². The summed E-state index contributed by atoms with van der Waals surface area (Å²) in [7, 11) is 0. The van der Waals surface area contributed by atoms with E-state index in [4.69, 9.17) is 10.7 Å². The number of nitrogens with one attached hydrogen (secondary N) is 1. The van der Waals surface area contributed by atoms with Crippen LogP contribution >= 0.6 is 11.8 Å². The summed E-state index contributed by atoms with van der Waals surface area (Å²) in [6.07, 6.45) is 1.72. The van der Waals surface area contributed by atoms with Gasteiger partial charge in [-0.25, -0.2) is 0 Å². The Labute approximate surface area is 116 Å². The monoisotopic (exact) mass is 277 g/mol. The van der Waals surface area contributed by atoms with E-state index in [1.165, 1.54) is 18.7 Å². The molecule has 0 radical (unpaired) electrons. The van der Waals surface area contributed by atoms with E-state index >= 15 is 0 Å². The molecule has 100 valence electrons. The van der Waals surface area contributed by atoms with Gasteiger partial charge in [0.15, 0.2) is 10.9 Å². The number of nitriles is 1. The summed E-state index contributed by atoms with van der Waals surface area (Å²) < 4.78 is 1.84. The average molecular weight is 277 g/mol. The number of Topliss-reactive ketones (excluding diaryl/α,β-unsaturated/α-hetero) is 1. The van der Waals surface area contributed by atoms with E-state index in [9.17, 15) is 4.79 Å². The zero-order chi connectivity index (χ0) is 14.4. The van der Waals surface area contributed by atoms with Crippen molar-refractivity contribution in [3.63, 3.8) is 0 Å². The number of hydrogen-bond donors (Lipinski definition) is 1. The molecule has 0 saturated carbocycles. The van der Waals surface area contributed by atoms with Gasteiger partial charge in [-0.15, -0.1) is 16.8 Å². The summed E-state index contributed by atoms with van der Waals surface area (Å²) in [5, 5.41) is 24.7. The minimum atomic E-state index is -0.968. The molecule has 1 atom stereocenters. The van der Waals surface area contributed by atoms with Crippen LogP contribution in [0, 0.1) is 29.6 Å². The second kappa shape index (κ2) is 6.85. The maximum absolute atomic E-state index is 11.8. The standard InChI is InChI=1S/C12H15N5OS/c1-4-5-17-9(3)15-16-12(17)19-7-11(18)10(6-13)8(2)14/h4,10,14H,1,5,7H2,2-3H3/t10-/m1/s1. The fraction of sp³-hybridized carbons (Fsp3) is 0.417. The summed E-state index contributed by atoms with van der Waals surface area (Å²) in [6, 6.07) is 1.84. The minimum Gasteiger partial charge on any atom is -0.308 e. The van der Waals surface area contributed by atoms with Crippen molar-refractivity contribution in [2.45, 2.75) is 25.5 Å². The fourth-order valence-electron chi connectivity index (χ4n) is 1.44. The van der Waals surface area contributed by atoms with Crippen LogP contribution in [0.1, 0.15) is 12.7 Å². The lowest BCUT2D eigenvalue weighted by Crippen LogP contribution is -2.21. The Morgan fingerprint density at radius 2 is 2.37 bits per heavy atom. The third-order valence-electron chi connectivity index (χ3n) is 2.44. The highest BCUT2D eigenvalue weighted by Crippen LogP contribution is 2.18. The van der Waals surface area contributed by atoms with Gasteiger partial charge in [0.2, 0.25) is 0 Å². The quantitative estimate of drug-likeness (QED) is 0.464. The smallest absolute Gasteiger partial charge is 0.191 e. The summed E-state index contributed by atoms with van der Waals surface area (Å²) in [5.74, 6) is -0.408. The first-order chi connectivity index (χ1) is 9.01. The molecule has 0 aliphatic carbocycles. The van der Waals surface area contributed by atoms with E-state index in [-0.39, 0.29) is 17.2 Å². The Hall–Kier alpha value is -1.94. The Kier molecular flexibility index (Phi) is 5.45. The highest BCUT2D eigenvalue weighted by atomic mass is 32.2. The lowest BCUT2D eigenvalue weighted by Gasteiger charge is -2.07. The summed E-state index contributed by atoms with van der Waals surface area (Å²) in [6.45, 7) is 7.50. The third kappa shape index (κ3) is 3.76. The van der Waals surface area contributed by atoms with E-state index in [0.717, 1.165) is 5.82 Å². The first-order valence-corrected chi connectivity index (χ1v) is 6.60. The molecule has 0 unspecified atom stereocenters. The number of aryl methyl sites for hydroxylation is 1. The van der Waals surface area contributed by atoms with E-state index in [0.29, 0.717) is 11.7 Å². The zero-order valence-electron chi connectivity index (χ0n) is 10.9. The molecule has 0 bridgehead atoms. The van der Waals surface area contributed by atoms with Crippen LogP contribution in [0.4, 0.5) is 0 Å². The van der Waals surface area contributed by atoms with Crippen molar-refractivity contribution in [2.75, 3.05) is 5.75 Å². The molecule has 1 aromatic heterocycles. The Morgan fingerprint density at radius 1 is 1.68 bits per heavy atom. The van der Waals surface area contributed by atoms with E-state index in [2.05, 4.69) is 16.8 Å². The van der Waals surface area contributed by atoms with Gasteiger partial charge < -0.3 is 9.98 Å². The molecule has 1 N–H and O–H groups in total. The number of allylic oxidation sites excluding steroid dienone is 1. The van der Waals surface area contributed by atoms with Crippen molar-refractivity contribution in [3.05, 3.63) is 18.5 Å². The normalized spacial score (nSPS) is 11.6. The maximum Gasteiger partial charge on any atom is 0.191 e. The first-order valence-electron chi connectivity index (χ1n) is 5.62. The minimum absolute atomic E-state index is 0.0665. The largest absolute Gasteiger partial charge is 0.308 e. The fourth-order valence-corrected chi connectivity index (χ4v) is 2.34. The van der Waals surface area contributed by atoms with Crippen molar-refractivity contribution in [2.24, 2.45) is 5.92 Å². The van der Waals surface area contributed by atoms with Gasteiger partial charge in [0.25, 0.3) is 0 Å². The highest BCUT2D eigenvalue weighted by molar-refractivity contribution is 7.99. The number of ketones is 1. The van der Waals surface area contributed by atoms with Crippen LogP contribution in [-0.2, 0) is 11.3 Å². The molecule has 0 fully saturated rings. The first kappa shape index (κ1) is 15.1. The summed E-state index contributed by atoms with van der Waals surface area (Å²) in [5.41, 5.74) is 0.0665. The van der Waals surface area contributed by atoms with Gasteiger partial charge in [-0.1, -0.05) is 17.8 Å². The highest BCUT2D eigenvalue weighted by Gasteiger charge is 2.21. The molecule has 0 spiro atoms. The molecular formula is C12H15N5OS. The molecule has 1 aromatic rings. The maximum atomic E-state index is 11.8. The number of carbonyl (C=O) groups excluding carboxylic acids is 1. The van der Waals surface area contributed by atoms with Crippen LogP contribution in [0.15, 0.2) is 17.8 Å². The van der Waals surface area contributed by atoms with Gasteiger partial charge in [0, 0.05) is 12.3 Å². The number of aromatic nitrogens is 3. The molecule has 1 heterocycles. The Balaban J connectivity index is 2.72. The molecule has 6 nitrogen and oxygen atoms in total. The molecule has 0 aliphatic rings. The zero-order valence-corrected chi connectivity index (χ0v) is 11.7. The molecule has 1 rings (SSSR count). The van der Waals surface area contributed by atoms with Gasteiger partial charge in [0.05, 0.1) is 11.8 Å². The topological polar surface area (TPSA) is 95.4 Å². The molecule has 0 amide bonds. The molecule has 0 saturated heterocycles. The second-order valence-corrected chi connectivity index (χ2v) is 4.87. The predicted molar refractivity (Wildman–Crippen MR) is 73.2 cm³/mol. The van der Waals surface area contributed by atoms with Crippen molar-refractivity contribution in [1.29, 1.82) is 10.7 Å². The van der Waals surface area contributed by atoms with Gasteiger partial charge in [0.1, 0.15) is 11.7 Å². The second-order valence-electron chi connectivity index (χ2n) is 3.93. The number of thioether (sulfide) groups is 1. The average Bonchev–Trinajstić information content (AvgIpc) is 2.69. The Bertz CT molecular complexity index is 543. The van der Waals surface area contributed by atoms with Crippen molar-refractivity contribution >= 4 is 23.3 Å². The predicted octanol–water partition coefficient (Wildman–Crippen LogP) is 1.61. The SMILES string of the molecule is C=CCn1c(C)nnc1SCC(=O)[C@H](C#N)C(C)=N. The van der Waals surface area contributed by atoms with Gasteiger partial charge >= 0.3 is 0 Å². The van der Waals surface area contributed by atoms with Gasteiger partial charge in [-0.05, 0) is 13.8 Å². The van der Waals surface area contributed by atoms with Gasteiger partial charge in [-0.2, -0.15) is 5.26 Å². The van der Waals surface area contributed by atoms with E-state index in [1.807, 2.05) is 17.6 Å². The number of nitrogens with zero attached hydrogens (tertiary/aromatic N) is 4. The van der Waals surface area contributed by atoms with Crippen LogP contribution in [0.3, 0.4) is 0 Å². The van der Waals surface area contributed by atoms with E-state index in [1.54, 1.807) is 6.08 Å². The van der Waals surface area contributed by atoms with Crippen molar-refractivity contribution < 1.29 is 4.79 Å². The van der Waals surface area contributed by atoms with Crippen LogP contribution in [0.25, 0.3) is 0 Å². The van der Waals surface area contributed by atoms with Gasteiger partial charge in [-0.3, -0.25) is 4.79 Å². The van der Waals surface area contributed by atoms with E-state index < -0.39 is 5.92 Å². The Morgan fingerprint density at radius 3 is 2.89 bits per heavy atom. The number of hydrogen-bond acceptors (Lipinski definition) is 6. The molecule has 0 aliphatic heterocycles. The number of carbonyl (C=O) groups is 1. The van der Waals surface area contributed by atoms with Crippen molar-refractivity contribution in [1.82, 2.24) is 14.8 Å². The van der Waals surface area contributed by atoms with Crippen LogP contribution in [0.2, 0.25) is 0 Å².